The molecule has 7 heteroatoms. The second kappa shape index (κ2) is 6.72. The van der Waals surface area contributed by atoms with Gasteiger partial charge in [0.05, 0.1) is 36.6 Å². The highest BCUT2D eigenvalue weighted by Gasteiger charge is 2.31. The van der Waals surface area contributed by atoms with Crippen molar-refractivity contribution in [3.8, 4) is 6.07 Å². The molecule has 2 heterocycles. The minimum Gasteiger partial charge on any atom is -0.377 e. The van der Waals surface area contributed by atoms with Crippen LogP contribution < -0.4 is 5.32 Å². The summed E-state index contributed by atoms with van der Waals surface area (Å²) in [5.41, 5.74) is 4.04. The lowest BCUT2D eigenvalue weighted by Crippen LogP contribution is -2.45. The first-order valence-corrected chi connectivity index (χ1v) is 7.77. The van der Waals surface area contributed by atoms with Crippen molar-refractivity contribution < 1.29 is 9.53 Å². The van der Waals surface area contributed by atoms with Gasteiger partial charge in [0, 0.05) is 23.5 Å². The number of ether oxygens (including phenoxy) is 1. The largest absolute Gasteiger partial charge is 0.377 e. The number of morpholine rings is 1. The van der Waals surface area contributed by atoms with Crippen molar-refractivity contribution in [3.05, 3.63) is 46.8 Å². The monoisotopic (exact) mass is 325 g/mol. The lowest BCUT2D eigenvalue weighted by atomic mass is 10.0. The highest BCUT2D eigenvalue weighted by molar-refractivity contribution is 5.89. The predicted molar refractivity (Wildman–Crippen MR) is 88.5 cm³/mol. The summed E-state index contributed by atoms with van der Waals surface area (Å²) in [6.45, 7) is 5.33. The van der Waals surface area contributed by atoms with Crippen LogP contribution in [0.4, 0.5) is 10.5 Å². The summed E-state index contributed by atoms with van der Waals surface area (Å²) in [5.74, 6) is 0. The molecule has 0 radical (unpaired) electrons. The molecule has 1 fully saturated rings. The van der Waals surface area contributed by atoms with Gasteiger partial charge < -0.3 is 15.0 Å². The molecule has 2 aromatic rings. The van der Waals surface area contributed by atoms with Crippen LogP contribution in [-0.2, 0) is 4.74 Å². The molecule has 24 heavy (non-hydrogen) atoms. The number of aromatic nitrogens is 2. The van der Waals surface area contributed by atoms with E-state index in [2.05, 4.69) is 21.6 Å². The molecule has 2 amide bonds. The first-order chi connectivity index (χ1) is 11.6. The van der Waals surface area contributed by atoms with Crippen LogP contribution in [0.1, 0.15) is 28.6 Å². The number of aryl methyl sites for hydroxylation is 2. The molecule has 1 saturated heterocycles. The van der Waals surface area contributed by atoms with Crippen LogP contribution in [0, 0.1) is 25.2 Å². The van der Waals surface area contributed by atoms with Gasteiger partial charge in [-0.1, -0.05) is 0 Å². The lowest BCUT2D eigenvalue weighted by Gasteiger charge is -2.35. The average Bonchev–Trinajstić information content (AvgIpc) is 2.94. The summed E-state index contributed by atoms with van der Waals surface area (Å²) in [5, 5.41) is 18.9. The van der Waals surface area contributed by atoms with Crippen molar-refractivity contribution >= 4 is 11.7 Å². The Morgan fingerprint density at radius 3 is 2.79 bits per heavy atom. The summed E-state index contributed by atoms with van der Waals surface area (Å²) in [6.07, 6.45) is 0. The van der Waals surface area contributed by atoms with E-state index >= 15 is 0 Å². The zero-order valence-corrected chi connectivity index (χ0v) is 13.7. The molecule has 0 spiro atoms. The molecule has 1 atom stereocenters. The van der Waals surface area contributed by atoms with Crippen LogP contribution in [0.25, 0.3) is 0 Å². The number of nitrogens with zero attached hydrogens (tertiary/aromatic N) is 3. The Balaban J connectivity index is 1.79. The molecule has 2 N–H and O–H groups in total. The predicted octanol–water partition coefficient (Wildman–Crippen LogP) is 2.50. The number of benzene rings is 1. The summed E-state index contributed by atoms with van der Waals surface area (Å²) in [7, 11) is 0. The maximum atomic E-state index is 12.7. The summed E-state index contributed by atoms with van der Waals surface area (Å²) in [4.78, 5) is 14.5. The number of hydrogen-bond acceptors (Lipinski definition) is 4. The molecule has 7 nitrogen and oxygen atoms in total. The van der Waals surface area contributed by atoms with Gasteiger partial charge in [0.2, 0.25) is 0 Å². The number of aromatic amines is 1. The fourth-order valence-corrected chi connectivity index (χ4v) is 2.96. The summed E-state index contributed by atoms with van der Waals surface area (Å²) in [6, 6.07) is 8.50. The number of amides is 2. The smallest absolute Gasteiger partial charge is 0.322 e. The number of H-pyrrole nitrogens is 1. The Morgan fingerprint density at radius 2 is 2.17 bits per heavy atom. The van der Waals surface area contributed by atoms with Crippen molar-refractivity contribution in [1.29, 1.82) is 5.26 Å². The second-order valence-corrected chi connectivity index (χ2v) is 5.75. The Hall–Kier alpha value is -2.85. The first kappa shape index (κ1) is 16.0. The molecule has 0 unspecified atom stereocenters. The summed E-state index contributed by atoms with van der Waals surface area (Å²) < 4.78 is 5.58. The number of urea groups is 1. The van der Waals surface area contributed by atoms with Gasteiger partial charge in [-0.3, -0.25) is 5.10 Å². The zero-order valence-electron chi connectivity index (χ0n) is 13.7. The van der Waals surface area contributed by atoms with Crippen LogP contribution in [-0.4, -0.2) is 40.9 Å². The Bertz CT molecular complexity index is 756. The molecular formula is C17H19N5O2. The van der Waals surface area contributed by atoms with Crippen LogP contribution in [0.5, 0.6) is 0 Å². The molecule has 0 saturated carbocycles. The number of carbonyl (C=O) groups excluding carboxylic acids is 1. The standard InChI is InChI=1S/C17H19N5O2/c1-11-16(12(2)21-20-11)15-10-24-8-7-22(15)17(23)19-14-5-3-13(9-18)4-6-14/h3-6,15H,7-8,10H2,1-2H3,(H,19,23)(H,20,21)/t15-/m1/s1. The number of rotatable bonds is 2. The van der Waals surface area contributed by atoms with E-state index in [9.17, 15) is 4.79 Å². The van der Waals surface area contributed by atoms with Gasteiger partial charge in [-0.05, 0) is 38.1 Å². The van der Waals surface area contributed by atoms with Gasteiger partial charge in [-0.2, -0.15) is 10.4 Å². The molecule has 0 bridgehead atoms. The number of nitrogens with one attached hydrogen (secondary N) is 2. The van der Waals surface area contributed by atoms with Gasteiger partial charge in [-0.15, -0.1) is 0 Å². The molecule has 1 aliphatic heterocycles. The molecule has 3 rings (SSSR count). The molecule has 1 aromatic heterocycles. The Kier molecular flexibility index (Phi) is 4.49. The minimum absolute atomic E-state index is 0.170. The van der Waals surface area contributed by atoms with E-state index < -0.39 is 0 Å². The molecule has 124 valence electrons. The van der Waals surface area contributed by atoms with Crippen LogP contribution in [0.3, 0.4) is 0 Å². The van der Waals surface area contributed by atoms with E-state index in [0.717, 1.165) is 17.0 Å². The fourth-order valence-electron chi connectivity index (χ4n) is 2.96. The lowest BCUT2D eigenvalue weighted by molar-refractivity contribution is 0.0143. The van der Waals surface area contributed by atoms with E-state index in [1.165, 1.54) is 0 Å². The highest BCUT2D eigenvalue weighted by atomic mass is 16.5. The third-order valence-corrected chi connectivity index (χ3v) is 4.17. The van der Waals surface area contributed by atoms with Gasteiger partial charge in [0.1, 0.15) is 0 Å². The number of hydrogen-bond donors (Lipinski definition) is 2. The van der Waals surface area contributed by atoms with Gasteiger partial charge in [-0.25, -0.2) is 4.79 Å². The van der Waals surface area contributed by atoms with Crippen LogP contribution in [0.15, 0.2) is 24.3 Å². The Labute approximate surface area is 140 Å². The zero-order chi connectivity index (χ0) is 17.1. The third kappa shape index (κ3) is 3.09. The topological polar surface area (TPSA) is 94.0 Å². The average molecular weight is 325 g/mol. The molecular weight excluding hydrogens is 306 g/mol. The quantitative estimate of drug-likeness (QED) is 0.887. The molecule has 0 aliphatic carbocycles. The fraction of sp³-hybridized carbons (Fsp3) is 0.353. The van der Waals surface area contributed by atoms with Crippen molar-refractivity contribution in [1.82, 2.24) is 15.1 Å². The normalized spacial score (nSPS) is 17.4. The maximum absolute atomic E-state index is 12.7. The number of anilines is 1. The van der Waals surface area contributed by atoms with E-state index in [1.807, 2.05) is 13.8 Å². The van der Waals surface area contributed by atoms with E-state index in [-0.39, 0.29) is 12.1 Å². The first-order valence-electron chi connectivity index (χ1n) is 7.77. The molecule has 1 aliphatic rings. The second-order valence-electron chi connectivity index (χ2n) is 5.75. The SMILES string of the molecule is Cc1n[nH]c(C)c1[C@H]1COCCN1C(=O)Nc1ccc(C#N)cc1. The van der Waals surface area contributed by atoms with E-state index in [4.69, 9.17) is 10.00 Å². The number of carbonyl (C=O) groups is 1. The third-order valence-electron chi connectivity index (χ3n) is 4.17. The highest BCUT2D eigenvalue weighted by Crippen LogP contribution is 2.28. The van der Waals surface area contributed by atoms with Gasteiger partial charge in [0.25, 0.3) is 0 Å². The van der Waals surface area contributed by atoms with E-state index in [0.29, 0.717) is 31.0 Å². The van der Waals surface area contributed by atoms with Crippen LogP contribution in [0.2, 0.25) is 0 Å². The maximum Gasteiger partial charge on any atom is 0.322 e. The Morgan fingerprint density at radius 1 is 1.42 bits per heavy atom. The van der Waals surface area contributed by atoms with Crippen molar-refractivity contribution in [3.63, 3.8) is 0 Å². The van der Waals surface area contributed by atoms with Crippen molar-refractivity contribution in [2.45, 2.75) is 19.9 Å². The van der Waals surface area contributed by atoms with Gasteiger partial charge >= 0.3 is 6.03 Å². The number of nitriles is 1. The minimum atomic E-state index is -0.187. The van der Waals surface area contributed by atoms with Crippen molar-refractivity contribution in [2.75, 3.05) is 25.1 Å². The summed E-state index contributed by atoms with van der Waals surface area (Å²) >= 11 is 0. The van der Waals surface area contributed by atoms with Gasteiger partial charge in [0.15, 0.2) is 0 Å². The van der Waals surface area contributed by atoms with Crippen LogP contribution >= 0.6 is 0 Å². The van der Waals surface area contributed by atoms with Crippen molar-refractivity contribution in [2.24, 2.45) is 0 Å². The van der Waals surface area contributed by atoms with E-state index in [1.54, 1.807) is 29.2 Å². The molecule has 1 aromatic carbocycles.